The molecule has 2 N–H and O–H groups in total. The first-order valence-corrected chi connectivity index (χ1v) is 8.76. The highest BCUT2D eigenvalue weighted by atomic mass is 19.3. The predicted molar refractivity (Wildman–Crippen MR) is 94.3 cm³/mol. The molecule has 1 heterocycles. The molecule has 2 amide bonds. The molecule has 0 aliphatic carbocycles. The van der Waals surface area contributed by atoms with Crippen molar-refractivity contribution in [1.82, 2.24) is 10.6 Å². The van der Waals surface area contributed by atoms with E-state index in [9.17, 15) is 18.4 Å². The van der Waals surface area contributed by atoms with Crippen LogP contribution in [-0.4, -0.2) is 44.1 Å². The molecule has 1 aliphatic heterocycles. The van der Waals surface area contributed by atoms with Crippen molar-refractivity contribution >= 4 is 17.5 Å². The molecule has 6 nitrogen and oxygen atoms in total. The second-order valence-corrected chi connectivity index (χ2v) is 6.37. The van der Waals surface area contributed by atoms with Gasteiger partial charge < -0.3 is 20.3 Å². The van der Waals surface area contributed by atoms with Crippen molar-refractivity contribution in [2.24, 2.45) is 5.92 Å². The second kappa shape index (κ2) is 9.35. The van der Waals surface area contributed by atoms with Crippen LogP contribution in [0.15, 0.2) is 24.3 Å². The molecule has 0 saturated carbocycles. The Morgan fingerprint density at radius 2 is 2.08 bits per heavy atom. The predicted octanol–water partition coefficient (Wildman–Crippen LogP) is 2.15. The summed E-state index contributed by atoms with van der Waals surface area (Å²) < 4.78 is 29.6. The molecule has 26 heavy (non-hydrogen) atoms. The maximum atomic E-state index is 12.5. The topological polar surface area (TPSA) is 70.7 Å². The monoisotopic (exact) mass is 369 g/mol. The van der Waals surface area contributed by atoms with Gasteiger partial charge in [0.15, 0.2) is 0 Å². The Bertz CT molecular complexity index is 627. The van der Waals surface area contributed by atoms with Crippen molar-refractivity contribution in [1.29, 1.82) is 0 Å². The molecule has 8 heteroatoms. The lowest BCUT2D eigenvalue weighted by molar-refractivity contribution is -0.128. The number of alkyl halides is 2. The lowest BCUT2D eigenvalue weighted by atomic mass is 10.1. The third-order valence-corrected chi connectivity index (χ3v) is 4.46. The standard InChI is InChI=1S/C18H25F2N3O3/c1-3-12(2)17(25)21-10-16(24)22-13-8-9-23(11-13)14-6-4-5-7-15(14)26-18(19)20/h4-7,12-13,18H,3,8-11H2,1-2H3,(H,21,25)(H,22,24). The van der Waals surface area contributed by atoms with Crippen LogP contribution in [0, 0.1) is 5.92 Å². The maximum Gasteiger partial charge on any atom is 0.387 e. The molecule has 0 spiro atoms. The zero-order valence-electron chi connectivity index (χ0n) is 15.0. The van der Waals surface area contributed by atoms with E-state index < -0.39 is 6.61 Å². The summed E-state index contributed by atoms with van der Waals surface area (Å²) in [5, 5.41) is 5.48. The van der Waals surface area contributed by atoms with Gasteiger partial charge in [0.1, 0.15) is 5.75 Å². The van der Waals surface area contributed by atoms with Gasteiger partial charge >= 0.3 is 6.61 Å². The number of halogens is 2. The first-order chi connectivity index (χ1) is 12.4. The van der Waals surface area contributed by atoms with Crippen LogP contribution >= 0.6 is 0 Å². The van der Waals surface area contributed by atoms with Gasteiger partial charge in [0.05, 0.1) is 12.2 Å². The highest BCUT2D eigenvalue weighted by molar-refractivity contribution is 5.85. The van der Waals surface area contributed by atoms with Gasteiger partial charge in [-0.15, -0.1) is 0 Å². The van der Waals surface area contributed by atoms with Crippen LogP contribution in [0.5, 0.6) is 5.75 Å². The summed E-state index contributed by atoms with van der Waals surface area (Å²) >= 11 is 0. The number of ether oxygens (including phenoxy) is 1. The first-order valence-electron chi connectivity index (χ1n) is 8.76. The van der Waals surface area contributed by atoms with E-state index in [4.69, 9.17) is 0 Å². The van der Waals surface area contributed by atoms with Gasteiger partial charge in [-0.25, -0.2) is 0 Å². The highest BCUT2D eigenvalue weighted by Crippen LogP contribution is 2.31. The van der Waals surface area contributed by atoms with Crippen molar-refractivity contribution in [3.63, 3.8) is 0 Å². The summed E-state index contributed by atoms with van der Waals surface area (Å²) in [7, 11) is 0. The minimum Gasteiger partial charge on any atom is -0.433 e. The van der Waals surface area contributed by atoms with Gasteiger partial charge in [0, 0.05) is 25.0 Å². The maximum absolute atomic E-state index is 12.5. The van der Waals surface area contributed by atoms with E-state index in [-0.39, 0.29) is 36.1 Å². The summed E-state index contributed by atoms with van der Waals surface area (Å²) in [5.74, 6) is -0.411. The fraction of sp³-hybridized carbons (Fsp3) is 0.556. The third-order valence-electron chi connectivity index (χ3n) is 4.46. The average Bonchev–Trinajstić information content (AvgIpc) is 3.07. The molecular weight excluding hydrogens is 344 g/mol. The Kier molecular flexibility index (Phi) is 7.17. The number of anilines is 1. The smallest absolute Gasteiger partial charge is 0.387 e. The molecule has 2 rings (SSSR count). The second-order valence-electron chi connectivity index (χ2n) is 6.37. The van der Waals surface area contributed by atoms with Crippen molar-refractivity contribution < 1.29 is 23.1 Å². The summed E-state index contributed by atoms with van der Waals surface area (Å²) in [6, 6.07) is 6.50. The molecule has 1 aromatic rings. The Morgan fingerprint density at radius 3 is 2.77 bits per heavy atom. The number of nitrogens with zero attached hydrogens (tertiary/aromatic N) is 1. The van der Waals surface area contributed by atoms with Crippen LogP contribution in [0.1, 0.15) is 26.7 Å². The molecule has 0 radical (unpaired) electrons. The van der Waals surface area contributed by atoms with Gasteiger partial charge in [-0.2, -0.15) is 8.78 Å². The van der Waals surface area contributed by atoms with E-state index in [1.807, 2.05) is 11.8 Å². The third kappa shape index (κ3) is 5.57. The van der Waals surface area contributed by atoms with Crippen LogP contribution in [0.3, 0.4) is 0 Å². The Labute approximate surface area is 151 Å². The molecule has 1 aliphatic rings. The Balaban J connectivity index is 1.85. The Morgan fingerprint density at radius 1 is 1.35 bits per heavy atom. The molecule has 1 aromatic carbocycles. The van der Waals surface area contributed by atoms with Gasteiger partial charge in [-0.05, 0) is 25.0 Å². The number of nitrogens with one attached hydrogen (secondary N) is 2. The van der Waals surface area contributed by atoms with E-state index in [0.717, 1.165) is 0 Å². The largest absolute Gasteiger partial charge is 0.433 e. The van der Waals surface area contributed by atoms with Crippen LogP contribution in [0.4, 0.5) is 14.5 Å². The summed E-state index contributed by atoms with van der Waals surface area (Å²) in [6.45, 7) is 1.88. The summed E-state index contributed by atoms with van der Waals surface area (Å²) in [5.41, 5.74) is 0.578. The molecular formula is C18H25F2N3O3. The number of rotatable bonds is 8. The van der Waals surface area contributed by atoms with E-state index in [1.165, 1.54) is 6.07 Å². The molecule has 0 aromatic heterocycles. The van der Waals surface area contributed by atoms with Crippen LogP contribution in [0.25, 0.3) is 0 Å². The van der Waals surface area contributed by atoms with Crippen LogP contribution < -0.4 is 20.3 Å². The Hall–Kier alpha value is -2.38. The van der Waals surface area contributed by atoms with Gasteiger partial charge in [-0.1, -0.05) is 26.0 Å². The number of hydrogen-bond donors (Lipinski definition) is 2. The average molecular weight is 369 g/mol. The number of carbonyl (C=O) groups excluding carboxylic acids is 2. The van der Waals surface area contributed by atoms with Crippen molar-refractivity contribution in [3.8, 4) is 5.75 Å². The summed E-state index contributed by atoms with van der Waals surface area (Å²) in [6.07, 6.45) is 1.40. The van der Waals surface area contributed by atoms with Crippen LogP contribution in [0.2, 0.25) is 0 Å². The highest BCUT2D eigenvalue weighted by Gasteiger charge is 2.26. The molecule has 0 bridgehead atoms. The minimum absolute atomic E-state index is 0.0647. The number of para-hydroxylation sites is 2. The molecule has 1 fully saturated rings. The number of benzene rings is 1. The number of carbonyl (C=O) groups is 2. The van der Waals surface area contributed by atoms with E-state index >= 15 is 0 Å². The van der Waals surface area contributed by atoms with Crippen LogP contribution in [-0.2, 0) is 9.59 Å². The van der Waals surface area contributed by atoms with Gasteiger partial charge in [-0.3, -0.25) is 9.59 Å². The van der Waals surface area contributed by atoms with Gasteiger partial charge in [0.25, 0.3) is 0 Å². The van der Waals surface area contributed by atoms with Gasteiger partial charge in [0.2, 0.25) is 11.8 Å². The lowest BCUT2D eigenvalue weighted by Gasteiger charge is -2.22. The number of hydrogen-bond acceptors (Lipinski definition) is 4. The normalized spacial score (nSPS) is 17.9. The molecule has 144 valence electrons. The van der Waals surface area contributed by atoms with Crippen molar-refractivity contribution in [3.05, 3.63) is 24.3 Å². The van der Waals surface area contributed by atoms with Crippen molar-refractivity contribution in [2.75, 3.05) is 24.5 Å². The fourth-order valence-corrected chi connectivity index (χ4v) is 2.82. The van der Waals surface area contributed by atoms with E-state index in [0.29, 0.717) is 31.6 Å². The molecule has 2 atom stereocenters. The van der Waals surface area contributed by atoms with Crippen molar-refractivity contribution in [2.45, 2.75) is 39.3 Å². The number of amides is 2. The summed E-state index contributed by atoms with van der Waals surface area (Å²) in [4.78, 5) is 25.6. The quantitative estimate of drug-likeness (QED) is 0.737. The van der Waals surface area contributed by atoms with E-state index in [1.54, 1.807) is 25.1 Å². The minimum atomic E-state index is -2.89. The van der Waals surface area contributed by atoms with E-state index in [2.05, 4.69) is 15.4 Å². The SMILES string of the molecule is CCC(C)C(=O)NCC(=O)NC1CCN(c2ccccc2OC(F)F)C1. The zero-order valence-corrected chi connectivity index (χ0v) is 15.0. The molecule has 2 unspecified atom stereocenters. The molecule has 1 saturated heterocycles. The fourth-order valence-electron chi connectivity index (χ4n) is 2.82. The zero-order chi connectivity index (χ0) is 19.1. The first kappa shape index (κ1) is 19.9. The lowest BCUT2D eigenvalue weighted by Crippen LogP contribution is -2.44.